The minimum Gasteiger partial charge on any atom is -0.278 e. The Kier molecular flexibility index (Phi) is 3.17. The van der Waals surface area contributed by atoms with Gasteiger partial charge >= 0.3 is 0 Å². The Morgan fingerprint density at radius 2 is 2.05 bits per heavy atom. The van der Waals surface area contributed by atoms with Crippen LogP contribution in [0.25, 0.3) is 16.9 Å². The number of hydrogen-bond acceptors (Lipinski definition) is 2. The average molecular weight is 292 g/mol. The highest BCUT2D eigenvalue weighted by atomic mass is 35.5. The lowest BCUT2D eigenvalue weighted by Crippen LogP contribution is -2.01. The van der Waals surface area contributed by atoms with Gasteiger partial charge in [0.05, 0.1) is 16.6 Å². The largest absolute Gasteiger partial charge is 0.278 e. The van der Waals surface area contributed by atoms with Crippen molar-refractivity contribution in [1.82, 2.24) is 14.5 Å². The number of imidazole rings is 1. The van der Waals surface area contributed by atoms with Crippen molar-refractivity contribution in [3.05, 3.63) is 52.9 Å². The van der Waals surface area contributed by atoms with Crippen molar-refractivity contribution in [2.45, 2.75) is 12.8 Å². The second-order valence-corrected chi connectivity index (χ2v) is 4.98. The van der Waals surface area contributed by atoms with Gasteiger partial charge in [0, 0.05) is 6.20 Å². The number of aromatic nitrogens is 3. The second kappa shape index (κ2) is 4.83. The molecule has 0 spiro atoms. The first-order valence-corrected chi connectivity index (χ1v) is 6.77. The highest BCUT2D eigenvalue weighted by Crippen LogP contribution is 2.26. The summed E-state index contributed by atoms with van der Waals surface area (Å²) in [6.45, 7) is 1.99. The van der Waals surface area contributed by atoms with Gasteiger partial charge in [-0.2, -0.15) is 0 Å². The Morgan fingerprint density at radius 1 is 1.26 bits per heavy atom. The third-order valence-electron chi connectivity index (χ3n) is 2.92. The predicted molar refractivity (Wildman–Crippen MR) is 78.2 cm³/mol. The van der Waals surface area contributed by atoms with E-state index in [1.54, 1.807) is 0 Å². The number of pyridine rings is 1. The van der Waals surface area contributed by atoms with Crippen LogP contribution in [0.4, 0.5) is 0 Å². The molecule has 0 unspecified atom stereocenters. The van der Waals surface area contributed by atoms with Crippen LogP contribution in [0.5, 0.6) is 0 Å². The van der Waals surface area contributed by atoms with E-state index < -0.39 is 0 Å². The van der Waals surface area contributed by atoms with Crippen molar-refractivity contribution < 1.29 is 0 Å². The minimum atomic E-state index is 0.306. The molecule has 0 aliphatic rings. The van der Waals surface area contributed by atoms with Crippen molar-refractivity contribution in [1.29, 1.82) is 0 Å². The maximum Gasteiger partial charge on any atom is 0.164 e. The van der Waals surface area contributed by atoms with Crippen LogP contribution in [0.1, 0.15) is 11.4 Å². The highest BCUT2D eigenvalue weighted by Gasteiger charge is 2.14. The highest BCUT2D eigenvalue weighted by molar-refractivity contribution is 6.32. The molecule has 0 aliphatic heterocycles. The zero-order chi connectivity index (χ0) is 13.4. The van der Waals surface area contributed by atoms with Crippen LogP contribution in [0, 0.1) is 6.92 Å². The average Bonchev–Trinajstić information content (AvgIpc) is 2.76. The van der Waals surface area contributed by atoms with E-state index >= 15 is 0 Å². The fourth-order valence-electron chi connectivity index (χ4n) is 2.09. The third-order valence-corrected chi connectivity index (χ3v) is 3.47. The molecule has 2 heterocycles. The van der Waals surface area contributed by atoms with E-state index in [4.69, 9.17) is 23.2 Å². The van der Waals surface area contributed by atoms with Crippen molar-refractivity contribution >= 4 is 34.4 Å². The van der Waals surface area contributed by atoms with Gasteiger partial charge in [0.15, 0.2) is 5.65 Å². The van der Waals surface area contributed by atoms with Gasteiger partial charge < -0.3 is 0 Å². The molecule has 0 saturated carbocycles. The molecule has 0 saturated heterocycles. The lowest BCUT2D eigenvalue weighted by atomic mass is 10.3. The number of fused-ring (bicyclic) bond motifs is 1. The van der Waals surface area contributed by atoms with E-state index in [2.05, 4.69) is 9.97 Å². The summed E-state index contributed by atoms with van der Waals surface area (Å²) in [5.41, 5.74) is 3.51. The number of halogens is 2. The lowest BCUT2D eigenvalue weighted by molar-refractivity contribution is 0.969. The molecule has 0 aliphatic carbocycles. The fourth-order valence-corrected chi connectivity index (χ4v) is 2.49. The van der Waals surface area contributed by atoms with E-state index in [0.717, 1.165) is 28.2 Å². The minimum absolute atomic E-state index is 0.306. The summed E-state index contributed by atoms with van der Waals surface area (Å²) in [5.74, 6) is 1.04. The van der Waals surface area contributed by atoms with Gasteiger partial charge in [-0.15, -0.1) is 11.6 Å². The van der Waals surface area contributed by atoms with E-state index in [1.807, 2.05) is 48.0 Å². The van der Waals surface area contributed by atoms with Gasteiger partial charge in [0.25, 0.3) is 0 Å². The molecule has 3 nitrogen and oxygen atoms in total. The van der Waals surface area contributed by atoms with Gasteiger partial charge in [-0.05, 0) is 30.7 Å². The SMILES string of the molecule is Cc1cnc2c(c1)nc(CCl)n2-c1ccccc1Cl. The Balaban J connectivity index is 2.36. The third kappa shape index (κ3) is 2.09. The number of aryl methyl sites for hydroxylation is 1. The monoisotopic (exact) mass is 291 g/mol. The topological polar surface area (TPSA) is 30.7 Å². The summed E-state index contributed by atoms with van der Waals surface area (Å²) >= 11 is 12.2. The van der Waals surface area contributed by atoms with E-state index in [1.165, 1.54) is 0 Å². The van der Waals surface area contributed by atoms with Crippen LogP contribution in [-0.2, 0) is 5.88 Å². The van der Waals surface area contributed by atoms with E-state index in [0.29, 0.717) is 10.9 Å². The number of rotatable bonds is 2. The molecular formula is C14H11Cl2N3. The summed E-state index contributed by atoms with van der Waals surface area (Å²) in [4.78, 5) is 8.97. The molecule has 5 heteroatoms. The van der Waals surface area contributed by atoms with E-state index in [-0.39, 0.29) is 0 Å². The van der Waals surface area contributed by atoms with Crippen molar-refractivity contribution in [2.24, 2.45) is 0 Å². The molecule has 0 bridgehead atoms. The molecule has 3 rings (SSSR count). The standard InChI is InChI=1S/C14H11Cl2N3/c1-9-6-11-14(17-8-9)19(13(7-15)18-11)12-5-3-2-4-10(12)16/h2-6,8H,7H2,1H3. The molecule has 0 amide bonds. The maximum absolute atomic E-state index is 6.26. The molecule has 2 aromatic heterocycles. The van der Waals surface area contributed by atoms with Gasteiger partial charge in [-0.25, -0.2) is 9.97 Å². The Labute approximate surface area is 120 Å². The quantitative estimate of drug-likeness (QED) is 0.665. The lowest BCUT2D eigenvalue weighted by Gasteiger charge is -2.08. The van der Waals surface area contributed by atoms with Crippen LogP contribution in [0.3, 0.4) is 0 Å². The number of hydrogen-bond donors (Lipinski definition) is 0. The molecule has 0 N–H and O–H groups in total. The second-order valence-electron chi connectivity index (χ2n) is 4.30. The molecule has 1 aromatic carbocycles. The molecule has 3 aromatic rings. The summed E-state index contributed by atoms with van der Waals surface area (Å²) in [6, 6.07) is 9.59. The first-order chi connectivity index (χ1) is 9.20. The number of benzene rings is 1. The first-order valence-electron chi connectivity index (χ1n) is 5.85. The maximum atomic E-state index is 6.26. The van der Waals surface area contributed by atoms with Crippen LogP contribution < -0.4 is 0 Å². The normalized spacial score (nSPS) is 11.1. The fraction of sp³-hybridized carbons (Fsp3) is 0.143. The van der Waals surface area contributed by atoms with Crippen molar-refractivity contribution in [2.75, 3.05) is 0 Å². The molecule has 19 heavy (non-hydrogen) atoms. The van der Waals surface area contributed by atoms with Crippen LogP contribution in [0.15, 0.2) is 36.5 Å². The van der Waals surface area contributed by atoms with Gasteiger partial charge in [0.2, 0.25) is 0 Å². The summed E-state index contributed by atoms with van der Waals surface area (Å²) in [6.07, 6.45) is 1.81. The molecular weight excluding hydrogens is 281 g/mol. The smallest absolute Gasteiger partial charge is 0.164 e. The Hall–Kier alpha value is -1.58. The molecule has 96 valence electrons. The van der Waals surface area contributed by atoms with Crippen LogP contribution in [0.2, 0.25) is 5.02 Å². The summed E-state index contributed by atoms with van der Waals surface area (Å²) < 4.78 is 1.91. The van der Waals surface area contributed by atoms with Crippen molar-refractivity contribution in [3.8, 4) is 5.69 Å². The van der Waals surface area contributed by atoms with Crippen LogP contribution in [-0.4, -0.2) is 14.5 Å². The zero-order valence-corrected chi connectivity index (χ0v) is 11.8. The summed E-state index contributed by atoms with van der Waals surface area (Å²) in [7, 11) is 0. The Morgan fingerprint density at radius 3 is 2.79 bits per heavy atom. The zero-order valence-electron chi connectivity index (χ0n) is 10.3. The van der Waals surface area contributed by atoms with E-state index in [9.17, 15) is 0 Å². The predicted octanol–water partition coefficient (Wildman–Crippen LogP) is 4.12. The molecule has 0 radical (unpaired) electrons. The number of para-hydroxylation sites is 1. The molecule has 0 fully saturated rings. The van der Waals surface area contributed by atoms with Crippen molar-refractivity contribution in [3.63, 3.8) is 0 Å². The number of alkyl halides is 1. The molecule has 0 atom stereocenters. The van der Waals surface area contributed by atoms with Gasteiger partial charge in [-0.1, -0.05) is 23.7 Å². The Bertz CT molecular complexity index is 750. The first kappa shape index (κ1) is 12.5. The van der Waals surface area contributed by atoms with Gasteiger partial charge in [0.1, 0.15) is 11.3 Å². The summed E-state index contributed by atoms with van der Waals surface area (Å²) in [5, 5.41) is 0.649. The van der Waals surface area contributed by atoms with Gasteiger partial charge in [-0.3, -0.25) is 4.57 Å². The van der Waals surface area contributed by atoms with Crippen LogP contribution >= 0.6 is 23.2 Å². The number of nitrogens with zero attached hydrogens (tertiary/aromatic N) is 3.